The molecule has 7 atom stereocenters. The lowest BCUT2D eigenvalue weighted by Gasteiger charge is -2.25. The van der Waals surface area contributed by atoms with Crippen molar-refractivity contribution in [2.45, 2.75) is 63.5 Å². The number of nitrogens with zero attached hydrogens (tertiary/aromatic N) is 7. The Labute approximate surface area is 322 Å². The Morgan fingerprint density at radius 1 is 0.964 bits per heavy atom. The zero-order valence-corrected chi connectivity index (χ0v) is 32.0. The van der Waals surface area contributed by atoms with Crippen LogP contribution >= 0.6 is 19.0 Å². The van der Waals surface area contributed by atoms with Gasteiger partial charge >= 0.3 is 17.1 Å². The van der Waals surface area contributed by atoms with Crippen molar-refractivity contribution in [3.8, 4) is 0 Å². The zero-order chi connectivity index (χ0) is 39.4. The van der Waals surface area contributed by atoms with E-state index in [9.17, 15) is 27.4 Å². The van der Waals surface area contributed by atoms with E-state index in [1.807, 2.05) is 0 Å². The highest BCUT2D eigenvalue weighted by Gasteiger charge is 2.46. The highest BCUT2D eigenvalue weighted by Crippen LogP contribution is 2.57. The molecule has 5 aromatic rings. The van der Waals surface area contributed by atoms with Crippen molar-refractivity contribution in [2.75, 3.05) is 23.8 Å². The van der Waals surface area contributed by atoms with Gasteiger partial charge in [0.15, 0.2) is 34.4 Å². The first kappa shape index (κ1) is 38.2. The topological polar surface area (TPSA) is 275 Å². The first-order valence-corrected chi connectivity index (χ1v) is 21.3. The number of nitrogens with one attached hydrogen (secondary N) is 4. The van der Waals surface area contributed by atoms with Gasteiger partial charge in [0.1, 0.15) is 24.8 Å². The maximum absolute atomic E-state index is 13.8. The molecule has 2 bridgehead atoms. The fourth-order valence-electron chi connectivity index (χ4n) is 6.45. The SMILES string of the molecule is CC(C)C(=O)Nc1nc2c(ncn2[C@@H]2O[C@@H]3COS(=O)(=O)N[C@H]4C[C@H](n5cnc6c(NC(=O)c7ccccc7)ncnc65)O[C@@H]4CO[P@](=O)(S)O[C@@H]2C3)c(=O)[nH]1. The highest BCUT2D eigenvalue weighted by molar-refractivity contribution is 8.44. The predicted octanol–water partition coefficient (Wildman–Crippen LogP) is 2.05. The number of carbonyl (C=O) groups excluding carboxylic acids is 2. The molecule has 0 radical (unpaired) electrons. The predicted molar refractivity (Wildman–Crippen MR) is 198 cm³/mol. The third-order valence-corrected chi connectivity index (χ3v) is 11.8. The van der Waals surface area contributed by atoms with E-state index in [4.69, 9.17) is 22.7 Å². The lowest BCUT2D eigenvalue weighted by molar-refractivity contribution is -0.118. The highest BCUT2D eigenvalue weighted by atomic mass is 32.7. The minimum atomic E-state index is -4.46. The van der Waals surface area contributed by atoms with E-state index in [1.54, 1.807) is 48.7 Å². The first-order chi connectivity index (χ1) is 26.7. The Kier molecular flexibility index (Phi) is 10.3. The second kappa shape index (κ2) is 15.0. The summed E-state index contributed by atoms with van der Waals surface area (Å²) in [5, 5.41) is 5.27. The third-order valence-electron chi connectivity index (χ3n) is 9.17. The molecule has 0 aliphatic carbocycles. The van der Waals surface area contributed by atoms with Crippen LogP contribution in [0.2, 0.25) is 0 Å². The number of imidazole rings is 2. The molecule has 7 heterocycles. The van der Waals surface area contributed by atoms with E-state index in [2.05, 4.69) is 57.5 Å². The van der Waals surface area contributed by atoms with Crippen LogP contribution < -0.4 is 20.9 Å². The minimum absolute atomic E-state index is 0.00507. The summed E-state index contributed by atoms with van der Waals surface area (Å²) in [6, 6.07) is 7.57. The Balaban J connectivity index is 1.03. The number of hydrogen-bond acceptors (Lipinski definition) is 16. The van der Waals surface area contributed by atoms with Crippen molar-refractivity contribution < 1.29 is 45.3 Å². The Hall–Kier alpha value is -4.65. The van der Waals surface area contributed by atoms with Gasteiger partial charge in [0.2, 0.25) is 11.9 Å². The van der Waals surface area contributed by atoms with E-state index >= 15 is 0 Å². The van der Waals surface area contributed by atoms with Gasteiger partial charge < -0.3 is 14.8 Å². The molecule has 0 saturated carbocycles. The lowest BCUT2D eigenvalue weighted by Crippen LogP contribution is -2.43. The van der Waals surface area contributed by atoms with Crippen LogP contribution in [-0.4, -0.2) is 96.8 Å². The summed E-state index contributed by atoms with van der Waals surface area (Å²) in [6.45, 7) is -1.84. The molecule has 8 rings (SSSR count). The molecule has 2 amide bonds. The number of benzene rings is 1. The van der Waals surface area contributed by atoms with Gasteiger partial charge in [0.05, 0.1) is 38.0 Å². The van der Waals surface area contributed by atoms with Crippen molar-refractivity contribution in [3.63, 3.8) is 0 Å². The number of carbonyl (C=O) groups is 2. The molecule has 4 N–H and O–H groups in total. The standard InChI is InChI=1S/C31H34N11O11PS2/c1-15(2)27(43)38-31-37-26-23(29(45)39-31)35-14-42(26)30-19-8-17(51-30)10-50-56(47,48)40-18-9-21(52-20(18)11-49-54(46,55)53-19)41-13-34-22-24(32-12-33-25(22)41)36-28(44)16-6-4-3-5-7-16/h3-7,12-15,17-21,30,40H,8-11H2,1-2H3,(H,46,55)(H,32,33,36,44)(H2,37,38,39,43,45)/t17-,18-,19+,20+,21+,30+,54-/m0/s1. The number of aromatic amines is 1. The molecule has 0 unspecified atom stereocenters. The first-order valence-electron chi connectivity index (χ1n) is 17.2. The second-order valence-corrected chi connectivity index (χ2v) is 17.6. The molecule has 22 nitrogen and oxygen atoms in total. The van der Waals surface area contributed by atoms with Crippen molar-refractivity contribution in [1.82, 2.24) is 43.8 Å². The molecule has 1 aromatic carbocycles. The summed E-state index contributed by atoms with van der Waals surface area (Å²) in [5.41, 5.74) is 0.192. The van der Waals surface area contributed by atoms with E-state index in [1.165, 1.54) is 23.5 Å². The van der Waals surface area contributed by atoms with Crippen LogP contribution in [0.1, 0.15) is 49.5 Å². The van der Waals surface area contributed by atoms with Crippen LogP contribution in [-0.2, 0) is 42.4 Å². The number of ether oxygens (including phenoxy) is 2. The van der Waals surface area contributed by atoms with Gasteiger partial charge in [0.25, 0.3) is 11.5 Å². The van der Waals surface area contributed by atoms with Crippen LogP contribution in [0.3, 0.4) is 0 Å². The monoisotopic (exact) mass is 831 g/mol. The quantitative estimate of drug-likeness (QED) is 0.121. The fraction of sp³-hybridized carbons (Fsp3) is 0.419. The van der Waals surface area contributed by atoms with Crippen LogP contribution in [0.15, 0.2) is 54.1 Å². The van der Waals surface area contributed by atoms with Gasteiger partial charge in [-0.2, -0.15) is 18.1 Å². The van der Waals surface area contributed by atoms with Crippen molar-refractivity contribution in [1.29, 1.82) is 0 Å². The van der Waals surface area contributed by atoms with E-state index in [0.29, 0.717) is 5.56 Å². The summed E-state index contributed by atoms with van der Waals surface area (Å²) in [5.74, 6) is -1.22. The molecule has 56 heavy (non-hydrogen) atoms. The lowest BCUT2D eigenvalue weighted by atomic mass is 10.1. The van der Waals surface area contributed by atoms with Gasteiger partial charge in [-0.1, -0.05) is 44.3 Å². The molecule has 25 heteroatoms. The molecular formula is C31H34N11O11PS2. The van der Waals surface area contributed by atoms with Gasteiger partial charge in [-0.3, -0.25) is 47.0 Å². The number of hydrogen-bond donors (Lipinski definition) is 5. The number of anilines is 2. The fourth-order valence-corrected chi connectivity index (χ4v) is 8.96. The molecule has 4 aromatic heterocycles. The Bertz CT molecular complexity index is 2530. The van der Waals surface area contributed by atoms with Crippen molar-refractivity contribution in [2.24, 2.45) is 5.92 Å². The number of aromatic nitrogens is 8. The number of rotatable bonds is 6. The molecule has 3 saturated heterocycles. The number of fused-ring (bicyclic) bond motifs is 5. The van der Waals surface area contributed by atoms with Gasteiger partial charge in [-0.25, -0.2) is 24.5 Å². The summed E-state index contributed by atoms with van der Waals surface area (Å²) >= 11 is 4.22. The maximum Gasteiger partial charge on any atom is 0.386 e. The number of amides is 2. The van der Waals surface area contributed by atoms with E-state index in [0.717, 1.165) is 0 Å². The third kappa shape index (κ3) is 7.83. The average molecular weight is 832 g/mol. The zero-order valence-electron chi connectivity index (χ0n) is 29.4. The van der Waals surface area contributed by atoms with Crippen LogP contribution in [0.25, 0.3) is 22.3 Å². The van der Waals surface area contributed by atoms with Gasteiger partial charge in [-0.15, -0.1) is 0 Å². The average Bonchev–Trinajstić information content (AvgIpc) is 3.95. The molecule has 0 spiro atoms. The Morgan fingerprint density at radius 3 is 2.52 bits per heavy atom. The molecule has 296 valence electrons. The van der Waals surface area contributed by atoms with Crippen LogP contribution in [0, 0.1) is 5.92 Å². The minimum Gasteiger partial charge on any atom is -0.351 e. The van der Waals surface area contributed by atoms with E-state index < -0.39 is 90.4 Å². The molecular weight excluding hydrogens is 798 g/mol. The summed E-state index contributed by atoms with van der Waals surface area (Å²) in [7, 11) is -4.46. The summed E-state index contributed by atoms with van der Waals surface area (Å²) in [6.07, 6.45) is -1.23. The van der Waals surface area contributed by atoms with E-state index in [-0.39, 0.29) is 46.9 Å². The normalized spacial score (nSPS) is 28.0. The van der Waals surface area contributed by atoms with Crippen LogP contribution in [0.5, 0.6) is 0 Å². The maximum atomic E-state index is 13.8. The molecule has 3 fully saturated rings. The van der Waals surface area contributed by atoms with Gasteiger partial charge in [-0.05, 0) is 12.1 Å². The molecule has 3 aliphatic rings. The smallest absolute Gasteiger partial charge is 0.351 e. The van der Waals surface area contributed by atoms with Crippen molar-refractivity contribution >= 4 is 75.3 Å². The molecule has 3 aliphatic heterocycles. The number of thiol groups is 1. The Morgan fingerprint density at radius 2 is 1.73 bits per heavy atom. The number of H-pyrrole nitrogens is 1. The summed E-state index contributed by atoms with van der Waals surface area (Å²) in [4.78, 5) is 61.9. The largest absolute Gasteiger partial charge is 0.386 e. The van der Waals surface area contributed by atoms with Crippen molar-refractivity contribution in [3.05, 3.63) is 65.2 Å². The van der Waals surface area contributed by atoms with Crippen LogP contribution in [0.4, 0.5) is 11.8 Å². The second-order valence-electron chi connectivity index (χ2n) is 13.4. The summed E-state index contributed by atoms with van der Waals surface area (Å²) < 4.78 is 75.1. The van der Waals surface area contributed by atoms with Gasteiger partial charge in [0, 0.05) is 24.3 Å².